The molecule has 0 fully saturated rings. The van der Waals surface area contributed by atoms with Crippen LogP contribution in [-0.2, 0) is 9.53 Å². The Balaban J connectivity index is 2.47. The van der Waals surface area contributed by atoms with E-state index in [9.17, 15) is 4.79 Å². The highest BCUT2D eigenvalue weighted by atomic mass is 32.2. The molecule has 1 aromatic carbocycles. The molecule has 0 heterocycles. The van der Waals surface area contributed by atoms with Crippen LogP contribution in [0.15, 0.2) is 23.1 Å². The maximum absolute atomic E-state index is 11.5. The van der Waals surface area contributed by atoms with Gasteiger partial charge in [0.15, 0.2) is 0 Å². The van der Waals surface area contributed by atoms with Crippen molar-refractivity contribution >= 4 is 17.7 Å². The number of benzene rings is 1. The maximum atomic E-state index is 11.5. The summed E-state index contributed by atoms with van der Waals surface area (Å²) >= 11 is 1.78. The average Bonchev–Trinajstić information content (AvgIpc) is 2.41. The van der Waals surface area contributed by atoms with Gasteiger partial charge in [-0.2, -0.15) is 0 Å². The van der Waals surface area contributed by atoms with Crippen LogP contribution in [0.5, 0.6) is 0 Å². The lowest BCUT2D eigenvalue weighted by Crippen LogP contribution is -2.37. The van der Waals surface area contributed by atoms with Crippen molar-refractivity contribution in [3.8, 4) is 0 Å². The highest BCUT2D eigenvalue weighted by Crippen LogP contribution is 2.22. The van der Waals surface area contributed by atoms with E-state index in [1.165, 1.54) is 23.1 Å². The Morgan fingerprint density at radius 2 is 2.11 bits per heavy atom. The number of rotatable bonds is 7. The van der Waals surface area contributed by atoms with E-state index in [1.807, 2.05) is 6.92 Å². The van der Waals surface area contributed by atoms with Crippen molar-refractivity contribution < 1.29 is 9.53 Å². The fourth-order valence-electron chi connectivity index (χ4n) is 1.79. The highest BCUT2D eigenvalue weighted by molar-refractivity contribution is 7.99. The fourth-order valence-corrected chi connectivity index (χ4v) is 2.80. The molecular weight excluding hydrogens is 258 g/mol. The summed E-state index contributed by atoms with van der Waals surface area (Å²) in [6.07, 6.45) is 0.776. The minimum Gasteiger partial charge on any atom is -0.468 e. The molecule has 106 valence electrons. The third kappa shape index (κ3) is 5.25. The molecule has 0 aliphatic carbocycles. The van der Waals surface area contributed by atoms with Crippen molar-refractivity contribution in [2.45, 2.75) is 38.1 Å². The summed E-state index contributed by atoms with van der Waals surface area (Å²) < 4.78 is 4.79. The van der Waals surface area contributed by atoms with E-state index in [0.29, 0.717) is 0 Å². The van der Waals surface area contributed by atoms with Gasteiger partial charge in [-0.25, -0.2) is 0 Å². The SMILES string of the molecule is CCNC(CCSc1ccc(C)c(C)c1)C(=O)OC. The van der Waals surface area contributed by atoms with E-state index in [4.69, 9.17) is 4.74 Å². The molecule has 1 N–H and O–H groups in total. The van der Waals surface area contributed by atoms with Gasteiger partial charge in [-0.05, 0) is 50.1 Å². The molecule has 0 aromatic heterocycles. The van der Waals surface area contributed by atoms with Crippen LogP contribution >= 0.6 is 11.8 Å². The number of nitrogens with one attached hydrogen (secondary N) is 1. The Kier molecular flexibility index (Phi) is 6.95. The number of hydrogen-bond acceptors (Lipinski definition) is 4. The summed E-state index contributed by atoms with van der Waals surface area (Å²) in [7, 11) is 1.43. The summed E-state index contributed by atoms with van der Waals surface area (Å²) in [5.74, 6) is 0.720. The minimum atomic E-state index is -0.200. The second kappa shape index (κ2) is 8.23. The topological polar surface area (TPSA) is 38.3 Å². The van der Waals surface area contributed by atoms with E-state index < -0.39 is 0 Å². The van der Waals surface area contributed by atoms with E-state index in [-0.39, 0.29) is 12.0 Å². The number of thioether (sulfide) groups is 1. The molecule has 0 amide bonds. The molecule has 3 nitrogen and oxygen atoms in total. The van der Waals surface area contributed by atoms with Gasteiger partial charge in [-0.3, -0.25) is 4.79 Å². The van der Waals surface area contributed by atoms with E-state index in [2.05, 4.69) is 37.4 Å². The molecule has 4 heteroatoms. The third-order valence-corrected chi connectivity index (χ3v) is 4.12. The first-order chi connectivity index (χ1) is 9.08. The maximum Gasteiger partial charge on any atom is 0.322 e. The number of esters is 1. The fraction of sp³-hybridized carbons (Fsp3) is 0.533. The Labute approximate surface area is 120 Å². The zero-order valence-corrected chi connectivity index (χ0v) is 13.0. The Bertz CT molecular complexity index is 421. The van der Waals surface area contributed by atoms with Crippen LogP contribution in [0.1, 0.15) is 24.5 Å². The highest BCUT2D eigenvalue weighted by Gasteiger charge is 2.17. The number of aryl methyl sites for hydroxylation is 2. The molecule has 0 saturated heterocycles. The molecule has 0 aliphatic rings. The number of carbonyl (C=O) groups excluding carboxylic acids is 1. The number of methoxy groups -OCH3 is 1. The molecule has 19 heavy (non-hydrogen) atoms. The molecule has 1 unspecified atom stereocenters. The van der Waals surface area contributed by atoms with Crippen molar-refractivity contribution in [1.29, 1.82) is 0 Å². The number of carbonyl (C=O) groups is 1. The predicted octanol–water partition coefficient (Wildman–Crippen LogP) is 2.94. The smallest absolute Gasteiger partial charge is 0.322 e. The van der Waals surface area contributed by atoms with Gasteiger partial charge < -0.3 is 10.1 Å². The zero-order valence-electron chi connectivity index (χ0n) is 12.2. The molecule has 1 aromatic rings. The van der Waals surface area contributed by atoms with Crippen LogP contribution in [-0.4, -0.2) is 31.4 Å². The van der Waals surface area contributed by atoms with Gasteiger partial charge in [0.2, 0.25) is 0 Å². The third-order valence-electron chi connectivity index (χ3n) is 3.09. The largest absolute Gasteiger partial charge is 0.468 e. The summed E-state index contributed by atoms with van der Waals surface area (Å²) in [5.41, 5.74) is 2.62. The molecule has 1 rings (SSSR count). The normalized spacial score (nSPS) is 12.2. The van der Waals surface area contributed by atoms with Gasteiger partial charge in [0, 0.05) is 10.6 Å². The molecule has 0 bridgehead atoms. The second-order valence-corrected chi connectivity index (χ2v) is 5.68. The van der Waals surface area contributed by atoms with Crippen LogP contribution in [0, 0.1) is 13.8 Å². The number of ether oxygens (including phenoxy) is 1. The zero-order chi connectivity index (χ0) is 14.3. The number of likely N-dealkylation sites (N-methyl/N-ethyl adjacent to an activating group) is 1. The molecule has 0 saturated carbocycles. The Morgan fingerprint density at radius 1 is 1.37 bits per heavy atom. The minimum absolute atomic E-state index is 0.178. The van der Waals surface area contributed by atoms with Crippen LogP contribution in [0.3, 0.4) is 0 Å². The lowest BCUT2D eigenvalue weighted by molar-refractivity contribution is -0.143. The molecule has 1 atom stereocenters. The van der Waals surface area contributed by atoms with Crippen LogP contribution in [0.4, 0.5) is 0 Å². The number of hydrogen-bond donors (Lipinski definition) is 1. The van der Waals surface area contributed by atoms with Crippen molar-refractivity contribution in [2.24, 2.45) is 0 Å². The van der Waals surface area contributed by atoms with Gasteiger partial charge in [-0.15, -0.1) is 11.8 Å². The van der Waals surface area contributed by atoms with Gasteiger partial charge >= 0.3 is 5.97 Å². The summed E-state index contributed by atoms with van der Waals surface area (Å²) in [5, 5.41) is 3.15. The average molecular weight is 281 g/mol. The van der Waals surface area contributed by atoms with E-state index in [1.54, 1.807) is 11.8 Å². The van der Waals surface area contributed by atoms with E-state index >= 15 is 0 Å². The first-order valence-electron chi connectivity index (χ1n) is 6.59. The van der Waals surface area contributed by atoms with Gasteiger partial charge in [-0.1, -0.05) is 13.0 Å². The van der Waals surface area contributed by atoms with Crippen molar-refractivity contribution in [2.75, 3.05) is 19.4 Å². The van der Waals surface area contributed by atoms with Crippen molar-refractivity contribution in [3.05, 3.63) is 29.3 Å². The van der Waals surface area contributed by atoms with Crippen LogP contribution in [0.2, 0.25) is 0 Å². The summed E-state index contributed by atoms with van der Waals surface area (Å²) in [6.45, 7) is 7.00. The van der Waals surface area contributed by atoms with Gasteiger partial charge in [0.25, 0.3) is 0 Å². The van der Waals surface area contributed by atoms with Crippen LogP contribution in [0.25, 0.3) is 0 Å². The second-order valence-electron chi connectivity index (χ2n) is 4.52. The van der Waals surface area contributed by atoms with Crippen molar-refractivity contribution in [3.63, 3.8) is 0 Å². The molecule has 0 aliphatic heterocycles. The van der Waals surface area contributed by atoms with Gasteiger partial charge in [0.1, 0.15) is 6.04 Å². The standard InChI is InChI=1S/C15H23NO2S/c1-5-16-14(15(17)18-4)8-9-19-13-7-6-11(2)12(3)10-13/h6-7,10,14,16H,5,8-9H2,1-4H3. The molecule has 0 spiro atoms. The first kappa shape index (κ1) is 16.1. The molecular formula is C15H23NO2S. The Morgan fingerprint density at radius 3 is 2.68 bits per heavy atom. The predicted molar refractivity (Wildman–Crippen MR) is 80.7 cm³/mol. The lowest BCUT2D eigenvalue weighted by Gasteiger charge is -2.15. The Hall–Kier alpha value is -1.00. The monoisotopic (exact) mass is 281 g/mol. The quantitative estimate of drug-likeness (QED) is 0.616. The first-order valence-corrected chi connectivity index (χ1v) is 7.58. The molecule has 0 radical (unpaired) electrons. The van der Waals surface area contributed by atoms with Crippen molar-refractivity contribution in [1.82, 2.24) is 5.32 Å². The van der Waals surface area contributed by atoms with Gasteiger partial charge in [0.05, 0.1) is 7.11 Å². The summed E-state index contributed by atoms with van der Waals surface area (Å²) in [4.78, 5) is 12.8. The summed E-state index contributed by atoms with van der Waals surface area (Å²) in [6, 6.07) is 6.27. The lowest BCUT2D eigenvalue weighted by atomic mass is 10.1. The van der Waals surface area contributed by atoms with Crippen LogP contribution < -0.4 is 5.32 Å². The van der Waals surface area contributed by atoms with E-state index in [0.717, 1.165) is 18.7 Å².